The van der Waals surface area contributed by atoms with Gasteiger partial charge in [-0.15, -0.1) is 11.3 Å². The SMILES string of the molecule is CCNc1cc(NCCc2cccs2)nc(C(C)(C)C)n1. The van der Waals surface area contributed by atoms with Crippen LogP contribution in [0.15, 0.2) is 23.6 Å². The van der Waals surface area contributed by atoms with Crippen LogP contribution in [0, 0.1) is 0 Å². The highest BCUT2D eigenvalue weighted by atomic mass is 32.1. The fourth-order valence-corrected chi connectivity index (χ4v) is 2.62. The van der Waals surface area contributed by atoms with Crippen LogP contribution in [0.5, 0.6) is 0 Å². The quantitative estimate of drug-likeness (QED) is 0.849. The first kappa shape index (κ1) is 15.8. The summed E-state index contributed by atoms with van der Waals surface area (Å²) in [6.45, 7) is 10.2. The summed E-state index contributed by atoms with van der Waals surface area (Å²) in [5.41, 5.74) is -0.0599. The minimum Gasteiger partial charge on any atom is -0.370 e. The molecule has 2 aromatic rings. The van der Waals surface area contributed by atoms with Crippen molar-refractivity contribution >= 4 is 23.0 Å². The van der Waals surface area contributed by atoms with Gasteiger partial charge in [-0.05, 0) is 24.8 Å². The number of nitrogens with one attached hydrogen (secondary N) is 2. The summed E-state index contributed by atoms with van der Waals surface area (Å²) >= 11 is 1.79. The highest BCUT2D eigenvalue weighted by Crippen LogP contribution is 2.22. The summed E-state index contributed by atoms with van der Waals surface area (Å²) in [5, 5.41) is 8.80. The Bertz CT molecular complexity index is 558. The molecule has 0 aliphatic heterocycles. The molecule has 0 spiro atoms. The summed E-state index contributed by atoms with van der Waals surface area (Å²) in [4.78, 5) is 10.6. The molecule has 0 unspecified atom stereocenters. The van der Waals surface area contributed by atoms with Crippen LogP contribution in [0.25, 0.3) is 0 Å². The molecule has 0 fully saturated rings. The van der Waals surface area contributed by atoms with Crippen molar-refractivity contribution in [3.63, 3.8) is 0 Å². The number of hydrogen-bond acceptors (Lipinski definition) is 5. The number of anilines is 2. The van der Waals surface area contributed by atoms with Gasteiger partial charge in [-0.3, -0.25) is 0 Å². The van der Waals surface area contributed by atoms with Gasteiger partial charge >= 0.3 is 0 Å². The molecule has 0 amide bonds. The molecule has 5 heteroatoms. The number of nitrogens with zero attached hydrogens (tertiary/aromatic N) is 2. The van der Waals surface area contributed by atoms with Crippen LogP contribution in [0.1, 0.15) is 38.4 Å². The average Bonchev–Trinajstić information content (AvgIpc) is 2.91. The van der Waals surface area contributed by atoms with Crippen molar-refractivity contribution in [3.8, 4) is 0 Å². The highest BCUT2D eigenvalue weighted by Gasteiger charge is 2.19. The molecule has 4 nitrogen and oxygen atoms in total. The second-order valence-electron chi connectivity index (χ2n) is 6.00. The molecule has 0 saturated heterocycles. The lowest BCUT2D eigenvalue weighted by Gasteiger charge is -2.19. The van der Waals surface area contributed by atoms with Crippen molar-refractivity contribution in [1.29, 1.82) is 0 Å². The Morgan fingerprint density at radius 2 is 1.86 bits per heavy atom. The van der Waals surface area contributed by atoms with Gasteiger partial charge < -0.3 is 10.6 Å². The standard InChI is InChI=1S/C16H24N4S/c1-5-17-13-11-14(20-15(19-13)16(2,3)4)18-9-8-12-7-6-10-21-12/h6-7,10-11H,5,8-9H2,1-4H3,(H2,17,18,19,20). The Balaban J connectivity index is 2.08. The molecule has 21 heavy (non-hydrogen) atoms. The van der Waals surface area contributed by atoms with Crippen LogP contribution < -0.4 is 10.6 Å². The molecule has 0 aliphatic carbocycles. The largest absolute Gasteiger partial charge is 0.370 e. The molecule has 0 radical (unpaired) electrons. The zero-order chi connectivity index (χ0) is 15.3. The van der Waals surface area contributed by atoms with Gasteiger partial charge in [0.25, 0.3) is 0 Å². The number of rotatable bonds is 6. The Kier molecular flexibility index (Phi) is 5.17. The Morgan fingerprint density at radius 1 is 1.14 bits per heavy atom. The van der Waals surface area contributed by atoms with Crippen LogP contribution in [0.4, 0.5) is 11.6 Å². The van der Waals surface area contributed by atoms with Gasteiger partial charge in [0.2, 0.25) is 0 Å². The number of aromatic nitrogens is 2. The summed E-state index contributed by atoms with van der Waals surface area (Å²) in [5.74, 6) is 2.64. The van der Waals surface area contributed by atoms with Gasteiger partial charge in [0, 0.05) is 29.4 Å². The topological polar surface area (TPSA) is 49.8 Å². The van der Waals surface area contributed by atoms with Crippen LogP contribution in [-0.2, 0) is 11.8 Å². The van der Waals surface area contributed by atoms with Gasteiger partial charge in [0.1, 0.15) is 17.5 Å². The molecular formula is C16H24N4S. The molecule has 2 rings (SSSR count). The third-order valence-corrected chi connectivity index (χ3v) is 3.95. The van der Waals surface area contributed by atoms with Crippen LogP contribution in [0.2, 0.25) is 0 Å². The zero-order valence-corrected chi connectivity index (χ0v) is 14.0. The lowest BCUT2D eigenvalue weighted by Crippen LogP contribution is -2.19. The first-order valence-corrected chi connectivity index (χ1v) is 8.26. The number of thiophene rings is 1. The van der Waals surface area contributed by atoms with E-state index in [1.54, 1.807) is 11.3 Å². The molecule has 0 atom stereocenters. The van der Waals surface area contributed by atoms with Crippen molar-refractivity contribution in [1.82, 2.24) is 9.97 Å². The molecule has 0 aromatic carbocycles. The van der Waals surface area contributed by atoms with E-state index in [-0.39, 0.29) is 5.41 Å². The molecule has 0 aliphatic rings. The zero-order valence-electron chi connectivity index (χ0n) is 13.2. The molecule has 2 heterocycles. The first-order chi connectivity index (χ1) is 9.99. The summed E-state index contributed by atoms with van der Waals surface area (Å²) < 4.78 is 0. The van der Waals surface area contributed by atoms with Gasteiger partial charge in [0.05, 0.1) is 0 Å². The average molecular weight is 304 g/mol. The number of hydrogen-bond donors (Lipinski definition) is 2. The van der Waals surface area contributed by atoms with Crippen LogP contribution in [-0.4, -0.2) is 23.1 Å². The fraction of sp³-hybridized carbons (Fsp3) is 0.500. The van der Waals surface area contributed by atoms with Crippen molar-refractivity contribution in [2.24, 2.45) is 0 Å². The van der Waals surface area contributed by atoms with E-state index < -0.39 is 0 Å². The minimum absolute atomic E-state index is 0.0599. The van der Waals surface area contributed by atoms with Gasteiger partial charge in [0.15, 0.2) is 0 Å². The molecule has 0 bridgehead atoms. The van der Waals surface area contributed by atoms with Crippen LogP contribution in [0.3, 0.4) is 0 Å². The minimum atomic E-state index is -0.0599. The second-order valence-corrected chi connectivity index (χ2v) is 7.03. The predicted molar refractivity (Wildman–Crippen MR) is 91.4 cm³/mol. The van der Waals surface area contributed by atoms with Gasteiger partial charge in [-0.2, -0.15) is 0 Å². The van der Waals surface area contributed by atoms with E-state index >= 15 is 0 Å². The molecular weight excluding hydrogens is 280 g/mol. The second kappa shape index (κ2) is 6.89. The Morgan fingerprint density at radius 3 is 2.43 bits per heavy atom. The summed E-state index contributed by atoms with van der Waals surface area (Å²) in [6.07, 6.45) is 1.02. The molecule has 0 saturated carbocycles. The lowest BCUT2D eigenvalue weighted by molar-refractivity contribution is 0.546. The maximum atomic E-state index is 4.65. The highest BCUT2D eigenvalue weighted by molar-refractivity contribution is 7.09. The van der Waals surface area contributed by atoms with Crippen molar-refractivity contribution in [3.05, 3.63) is 34.3 Å². The summed E-state index contributed by atoms with van der Waals surface area (Å²) in [6, 6.07) is 6.23. The van der Waals surface area contributed by atoms with Crippen molar-refractivity contribution < 1.29 is 0 Å². The third kappa shape index (κ3) is 4.70. The van der Waals surface area contributed by atoms with E-state index in [4.69, 9.17) is 0 Å². The van der Waals surface area contributed by atoms with E-state index in [0.29, 0.717) is 0 Å². The third-order valence-electron chi connectivity index (χ3n) is 3.01. The first-order valence-electron chi connectivity index (χ1n) is 7.38. The van der Waals surface area contributed by atoms with Crippen molar-refractivity contribution in [2.75, 3.05) is 23.7 Å². The van der Waals surface area contributed by atoms with Gasteiger partial charge in [-0.1, -0.05) is 26.8 Å². The molecule has 114 valence electrons. The Labute approximate surface area is 131 Å². The van der Waals surface area contributed by atoms with E-state index in [1.807, 2.05) is 6.07 Å². The van der Waals surface area contributed by atoms with E-state index in [0.717, 1.165) is 37.0 Å². The summed E-state index contributed by atoms with van der Waals surface area (Å²) in [7, 11) is 0. The predicted octanol–water partition coefficient (Wildman–Crippen LogP) is 3.92. The van der Waals surface area contributed by atoms with Crippen LogP contribution >= 0.6 is 11.3 Å². The molecule has 2 N–H and O–H groups in total. The maximum Gasteiger partial charge on any atom is 0.138 e. The normalized spacial score (nSPS) is 11.4. The van der Waals surface area contributed by atoms with Gasteiger partial charge in [-0.25, -0.2) is 9.97 Å². The Hall–Kier alpha value is -1.62. The monoisotopic (exact) mass is 304 g/mol. The molecule has 2 aromatic heterocycles. The van der Waals surface area contributed by atoms with Crippen molar-refractivity contribution in [2.45, 2.75) is 39.5 Å². The fourth-order valence-electron chi connectivity index (χ4n) is 1.91. The van der Waals surface area contributed by atoms with E-state index in [9.17, 15) is 0 Å². The smallest absolute Gasteiger partial charge is 0.138 e. The van der Waals surface area contributed by atoms with E-state index in [2.05, 4.69) is 65.8 Å². The van der Waals surface area contributed by atoms with E-state index in [1.165, 1.54) is 4.88 Å². The maximum absolute atomic E-state index is 4.65. The lowest BCUT2D eigenvalue weighted by atomic mass is 9.96.